The molecule has 2 N–H and O–H groups in total. The van der Waals surface area contributed by atoms with Gasteiger partial charge in [0.1, 0.15) is 0 Å². The van der Waals surface area contributed by atoms with Crippen molar-refractivity contribution < 1.29 is 4.79 Å². The number of amides is 1. The Bertz CT molecular complexity index is 459. The second kappa shape index (κ2) is 6.86. The summed E-state index contributed by atoms with van der Waals surface area (Å²) in [6.07, 6.45) is 2.27. The number of hydrogen-bond acceptors (Lipinski definition) is 3. The van der Waals surface area contributed by atoms with E-state index in [9.17, 15) is 4.79 Å². The molecule has 1 aliphatic rings. The van der Waals surface area contributed by atoms with E-state index >= 15 is 0 Å². The number of anilines is 1. The number of benzene rings is 1. The molecule has 0 saturated carbocycles. The van der Waals surface area contributed by atoms with Crippen molar-refractivity contribution in [1.29, 1.82) is 0 Å². The first-order valence-corrected chi connectivity index (χ1v) is 7.34. The molecule has 2 rings (SSSR count). The van der Waals surface area contributed by atoms with Crippen LogP contribution in [0.1, 0.15) is 25.3 Å². The van der Waals surface area contributed by atoms with Crippen LogP contribution in [0.5, 0.6) is 0 Å². The third-order valence-corrected chi connectivity index (χ3v) is 3.75. The van der Waals surface area contributed by atoms with Gasteiger partial charge in [0.15, 0.2) is 0 Å². The minimum Gasteiger partial charge on any atom is -0.325 e. The van der Waals surface area contributed by atoms with E-state index in [1.807, 2.05) is 32.3 Å². The zero-order valence-electron chi connectivity index (χ0n) is 12.6. The van der Waals surface area contributed by atoms with E-state index in [-0.39, 0.29) is 11.9 Å². The molecule has 1 heterocycles. The van der Waals surface area contributed by atoms with E-state index in [0.29, 0.717) is 5.92 Å². The SMILES string of the molecule is CC1CCCNC1C(=O)Nc1cccc(CN(C)C)c1. The third-order valence-electron chi connectivity index (χ3n) is 3.75. The van der Waals surface area contributed by atoms with Crippen LogP contribution in [0.2, 0.25) is 0 Å². The summed E-state index contributed by atoms with van der Waals surface area (Å²) < 4.78 is 0. The predicted molar refractivity (Wildman–Crippen MR) is 82.7 cm³/mol. The van der Waals surface area contributed by atoms with E-state index < -0.39 is 0 Å². The Morgan fingerprint density at radius 3 is 2.95 bits per heavy atom. The van der Waals surface area contributed by atoms with E-state index in [2.05, 4.69) is 28.5 Å². The van der Waals surface area contributed by atoms with Gasteiger partial charge >= 0.3 is 0 Å². The summed E-state index contributed by atoms with van der Waals surface area (Å²) >= 11 is 0. The molecule has 4 heteroatoms. The zero-order valence-corrected chi connectivity index (χ0v) is 12.6. The minimum absolute atomic E-state index is 0.0683. The lowest BCUT2D eigenvalue weighted by molar-refractivity contribution is -0.119. The van der Waals surface area contributed by atoms with Gasteiger partial charge in [0.2, 0.25) is 5.91 Å². The predicted octanol–water partition coefficient (Wildman–Crippen LogP) is 2.07. The Balaban J connectivity index is 2.00. The van der Waals surface area contributed by atoms with Crippen molar-refractivity contribution in [3.8, 4) is 0 Å². The lowest BCUT2D eigenvalue weighted by atomic mass is 9.92. The second-order valence-electron chi connectivity index (χ2n) is 5.98. The molecule has 0 radical (unpaired) electrons. The molecular weight excluding hydrogens is 250 g/mol. The average molecular weight is 275 g/mol. The van der Waals surface area contributed by atoms with Crippen molar-refractivity contribution >= 4 is 11.6 Å². The molecule has 2 atom stereocenters. The molecule has 1 aliphatic heterocycles. The van der Waals surface area contributed by atoms with Crippen LogP contribution >= 0.6 is 0 Å². The van der Waals surface area contributed by atoms with Gasteiger partial charge in [-0.05, 0) is 57.1 Å². The summed E-state index contributed by atoms with van der Waals surface area (Å²) in [4.78, 5) is 14.4. The highest BCUT2D eigenvalue weighted by Gasteiger charge is 2.27. The maximum Gasteiger partial charge on any atom is 0.241 e. The van der Waals surface area contributed by atoms with Crippen LogP contribution in [-0.2, 0) is 11.3 Å². The number of nitrogens with zero attached hydrogens (tertiary/aromatic N) is 1. The minimum atomic E-state index is -0.0683. The summed E-state index contributed by atoms with van der Waals surface area (Å²) in [6, 6.07) is 8.00. The van der Waals surface area contributed by atoms with Gasteiger partial charge in [-0.3, -0.25) is 4.79 Å². The normalized spacial score (nSPS) is 22.8. The van der Waals surface area contributed by atoms with Gasteiger partial charge < -0.3 is 15.5 Å². The Morgan fingerprint density at radius 1 is 1.45 bits per heavy atom. The third kappa shape index (κ3) is 4.05. The first-order chi connectivity index (χ1) is 9.56. The quantitative estimate of drug-likeness (QED) is 0.884. The summed E-state index contributed by atoms with van der Waals surface area (Å²) in [7, 11) is 4.08. The Morgan fingerprint density at radius 2 is 2.25 bits per heavy atom. The number of carbonyl (C=O) groups is 1. The summed E-state index contributed by atoms with van der Waals surface area (Å²) in [5.74, 6) is 0.480. The summed E-state index contributed by atoms with van der Waals surface area (Å²) in [5.41, 5.74) is 2.09. The highest BCUT2D eigenvalue weighted by Crippen LogP contribution is 2.18. The molecule has 0 spiro atoms. The first kappa shape index (κ1) is 15.0. The second-order valence-corrected chi connectivity index (χ2v) is 5.98. The molecule has 110 valence electrons. The number of hydrogen-bond donors (Lipinski definition) is 2. The van der Waals surface area contributed by atoms with E-state index in [4.69, 9.17) is 0 Å². The van der Waals surface area contributed by atoms with Gasteiger partial charge in [0.25, 0.3) is 0 Å². The van der Waals surface area contributed by atoms with Gasteiger partial charge in [0.05, 0.1) is 6.04 Å². The zero-order chi connectivity index (χ0) is 14.5. The average Bonchev–Trinajstić information content (AvgIpc) is 2.38. The van der Waals surface area contributed by atoms with E-state index in [0.717, 1.165) is 31.6 Å². The van der Waals surface area contributed by atoms with Gasteiger partial charge in [-0.25, -0.2) is 0 Å². The Kier molecular flexibility index (Phi) is 5.15. The van der Waals surface area contributed by atoms with Crippen molar-refractivity contribution in [2.75, 3.05) is 26.0 Å². The first-order valence-electron chi connectivity index (χ1n) is 7.34. The van der Waals surface area contributed by atoms with Crippen LogP contribution < -0.4 is 10.6 Å². The molecule has 1 saturated heterocycles. The topological polar surface area (TPSA) is 44.4 Å². The largest absolute Gasteiger partial charge is 0.325 e. The van der Waals surface area contributed by atoms with Crippen molar-refractivity contribution in [3.63, 3.8) is 0 Å². The van der Waals surface area contributed by atoms with Crippen LogP contribution in [0.15, 0.2) is 24.3 Å². The molecule has 1 amide bonds. The van der Waals surface area contributed by atoms with Crippen LogP contribution in [0.3, 0.4) is 0 Å². The van der Waals surface area contributed by atoms with E-state index in [1.54, 1.807) is 0 Å². The molecule has 0 aromatic heterocycles. The molecular formula is C16H25N3O. The van der Waals surface area contributed by atoms with Crippen molar-refractivity contribution in [1.82, 2.24) is 10.2 Å². The lowest BCUT2D eigenvalue weighted by Gasteiger charge is -2.29. The Labute approximate surface area is 121 Å². The highest BCUT2D eigenvalue weighted by molar-refractivity contribution is 5.95. The number of nitrogens with one attached hydrogen (secondary N) is 2. The maximum absolute atomic E-state index is 12.3. The number of carbonyl (C=O) groups excluding carboxylic acids is 1. The molecule has 20 heavy (non-hydrogen) atoms. The van der Waals surface area contributed by atoms with E-state index in [1.165, 1.54) is 5.56 Å². The summed E-state index contributed by atoms with van der Waals surface area (Å²) in [5, 5.41) is 6.35. The van der Waals surface area contributed by atoms with Crippen molar-refractivity contribution in [3.05, 3.63) is 29.8 Å². The van der Waals surface area contributed by atoms with Gasteiger partial charge in [-0.2, -0.15) is 0 Å². The Hall–Kier alpha value is -1.39. The molecule has 1 fully saturated rings. The molecule has 0 aliphatic carbocycles. The monoisotopic (exact) mass is 275 g/mol. The van der Waals surface area contributed by atoms with Crippen LogP contribution in [-0.4, -0.2) is 37.5 Å². The fourth-order valence-corrected chi connectivity index (χ4v) is 2.73. The van der Waals surface area contributed by atoms with Crippen LogP contribution in [0.25, 0.3) is 0 Å². The smallest absolute Gasteiger partial charge is 0.241 e. The number of piperidine rings is 1. The fourth-order valence-electron chi connectivity index (χ4n) is 2.73. The van der Waals surface area contributed by atoms with Crippen LogP contribution in [0, 0.1) is 5.92 Å². The molecule has 0 bridgehead atoms. The van der Waals surface area contributed by atoms with Gasteiger partial charge in [0, 0.05) is 12.2 Å². The highest BCUT2D eigenvalue weighted by atomic mass is 16.2. The molecule has 1 aromatic carbocycles. The fraction of sp³-hybridized carbons (Fsp3) is 0.562. The van der Waals surface area contributed by atoms with Crippen LogP contribution in [0.4, 0.5) is 5.69 Å². The lowest BCUT2D eigenvalue weighted by Crippen LogP contribution is -2.48. The summed E-state index contributed by atoms with van der Waals surface area (Å²) in [6.45, 7) is 3.95. The molecule has 2 unspecified atom stereocenters. The molecule has 1 aromatic rings. The molecule has 4 nitrogen and oxygen atoms in total. The van der Waals surface area contributed by atoms with Gasteiger partial charge in [-0.15, -0.1) is 0 Å². The van der Waals surface area contributed by atoms with Crippen molar-refractivity contribution in [2.24, 2.45) is 5.92 Å². The standard InChI is InChI=1S/C16H25N3O/c1-12-6-5-9-17-15(12)16(20)18-14-8-4-7-13(10-14)11-19(2)3/h4,7-8,10,12,15,17H,5-6,9,11H2,1-3H3,(H,18,20). The maximum atomic E-state index is 12.3. The van der Waals surface area contributed by atoms with Gasteiger partial charge in [-0.1, -0.05) is 19.1 Å². The number of rotatable bonds is 4. The van der Waals surface area contributed by atoms with Crippen molar-refractivity contribution in [2.45, 2.75) is 32.4 Å².